The van der Waals surface area contributed by atoms with Crippen molar-refractivity contribution in [1.82, 2.24) is 10.2 Å². The van der Waals surface area contributed by atoms with E-state index >= 15 is 0 Å². The molecule has 3 N–H and O–H groups in total. The normalized spacial score (nSPS) is 11.8. The standard InChI is InChI=1S/C12H16ClN3O2/c1-7(12(18)16(2)3)15-11(17)9-6-8(14)4-5-10(9)13/h4-7H,14H2,1-3H3,(H,15,17). The number of likely N-dealkylation sites (N-methyl/N-ethyl adjacent to an activating group) is 1. The number of halogens is 1. The maximum absolute atomic E-state index is 11.9. The largest absolute Gasteiger partial charge is 0.399 e. The lowest BCUT2D eigenvalue weighted by molar-refractivity contribution is -0.130. The highest BCUT2D eigenvalue weighted by molar-refractivity contribution is 6.34. The van der Waals surface area contributed by atoms with Crippen molar-refractivity contribution in [3.63, 3.8) is 0 Å². The van der Waals surface area contributed by atoms with Gasteiger partial charge in [0.2, 0.25) is 5.91 Å². The number of carbonyl (C=O) groups is 2. The molecule has 0 aromatic heterocycles. The lowest BCUT2D eigenvalue weighted by Crippen LogP contribution is -2.44. The van der Waals surface area contributed by atoms with Gasteiger partial charge in [0.25, 0.3) is 5.91 Å². The molecule has 2 amide bonds. The zero-order valence-corrected chi connectivity index (χ0v) is 11.3. The van der Waals surface area contributed by atoms with Gasteiger partial charge >= 0.3 is 0 Å². The Morgan fingerprint density at radius 2 is 2.00 bits per heavy atom. The van der Waals surface area contributed by atoms with Crippen LogP contribution in [0.2, 0.25) is 5.02 Å². The van der Waals surface area contributed by atoms with Crippen molar-refractivity contribution in [2.24, 2.45) is 0 Å². The first-order chi connectivity index (χ1) is 8.32. The van der Waals surface area contributed by atoms with Crippen molar-refractivity contribution in [2.75, 3.05) is 19.8 Å². The second-order valence-electron chi connectivity index (χ2n) is 4.17. The van der Waals surface area contributed by atoms with Crippen LogP contribution in [0.25, 0.3) is 0 Å². The second kappa shape index (κ2) is 5.73. The molecule has 0 bridgehead atoms. The second-order valence-corrected chi connectivity index (χ2v) is 4.57. The summed E-state index contributed by atoms with van der Waals surface area (Å²) in [5.41, 5.74) is 6.29. The molecule has 1 atom stereocenters. The number of hydrogen-bond acceptors (Lipinski definition) is 3. The fraction of sp³-hybridized carbons (Fsp3) is 0.333. The van der Waals surface area contributed by atoms with Crippen LogP contribution in [0.4, 0.5) is 5.69 Å². The Hall–Kier alpha value is -1.75. The Morgan fingerprint density at radius 1 is 1.39 bits per heavy atom. The van der Waals surface area contributed by atoms with Crippen LogP contribution >= 0.6 is 11.6 Å². The third kappa shape index (κ3) is 3.37. The number of benzene rings is 1. The first-order valence-electron chi connectivity index (χ1n) is 5.40. The van der Waals surface area contributed by atoms with Crippen molar-refractivity contribution < 1.29 is 9.59 Å². The van der Waals surface area contributed by atoms with Gasteiger partial charge < -0.3 is 16.0 Å². The van der Waals surface area contributed by atoms with E-state index in [1.165, 1.54) is 11.0 Å². The molecule has 98 valence electrons. The Morgan fingerprint density at radius 3 is 2.56 bits per heavy atom. The average Bonchev–Trinajstić information content (AvgIpc) is 2.30. The lowest BCUT2D eigenvalue weighted by Gasteiger charge is -2.18. The Balaban J connectivity index is 2.83. The molecule has 18 heavy (non-hydrogen) atoms. The summed E-state index contributed by atoms with van der Waals surface area (Å²) in [5.74, 6) is -0.613. The van der Waals surface area contributed by atoms with Crippen LogP contribution in [-0.4, -0.2) is 36.9 Å². The van der Waals surface area contributed by atoms with Crippen LogP contribution in [0.15, 0.2) is 18.2 Å². The van der Waals surface area contributed by atoms with E-state index in [9.17, 15) is 9.59 Å². The maximum atomic E-state index is 11.9. The highest BCUT2D eigenvalue weighted by Gasteiger charge is 2.19. The van der Waals surface area contributed by atoms with Gasteiger partial charge in [-0.1, -0.05) is 11.6 Å². The molecule has 1 aromatic carbocycles. The lowest BCUT2D eigenvalue weighted by atomic mass is 10.1. The molecule has 6 heteroatoms. The molecule has 0 fully saturated rings. The number of carbonyl (C=O) groups excluding carboxylic acids is 2. The first-order valence-corrected chi connectivity index (χ1v) is 5.77. The molecule has 1 aromatic rings. The molecule has 1 unspecified atom stereocenters. The number of anilines is 1. The minimum absolute atomic E-state index is 0.191. The first kappa shape index (κ1) is 14.3. The van der Waals surface area contributed by atoms with E-state index in [1.807, 2.05) is 0 Å². The van der Waals surface area contributed by atoms with Crippen LogP contribution in [0.5, 0.6) is 0 Å². The molecule has 5 nitrogen and oxygen atoms in total. The molecule has 0 saturated carbocycles. The van der Waals surface area contributed by atoms with Gasteiger partial charge in [-0.25, -0.2) is 0 Å². The predicted octanol–water partition coefficient (Wildman–Crippen LogP) is 1.13. The molecular formula is C12H16ClN3O2. The van der Waals surface area contributed by atoms with E-state index in [2.05, 4.69) is 5.32 Å². The van der Waals surface area contributed by atoms with Gasteiger partial charge in [-0.05, 0) is 25.1 Å². The van der Waals surface area contributed by atoms with Gasteiger partial charge in [-0.2, -0.15) is 0 Å². The third-order valence-electron chi connectivity index (χ3n) is 2.39. The number of nitrogens with two attached hydrogens (primary N) is 1. The summed E-state index contributed by atoms with van der Waals surface area (Å²) < 4.78 is 0. The highest BCUT2D eigenvalue weighted by atomic mass is 35.5. The van der Waals surface area contributed by atoms with Gasteiger partial charge in [-0.3, -0.25) is 9.59 Å². The number of hydrogen-bond donors (Lipinski definition) is 2. The fourth-order valence-corrected chi connectivity index (χ4v) is 1.64. The number of nitrogens with one attached hydrogen (secondary N) is 1. The molecule has 1 rings (SSSR count). The van der Waals surface area contributed by atoms with E-state index in [1.54, 1.807) is 33.2 Å². The van der Waals surface area contributed by atoms with Gasteiger partial charge in [0, 0.05) is 19.8 Å². The smallest absolute Gasteiger partial charge is 0.253 e. The van der Waals surface area contributed by atoms with Crippen molar-refractivity contribution in [3.05, 3.63) is 28.8 Å². The van der Waals surface area contributed by atoms with E-state index in [-0.39, 0.29) is 11.5 Å². The number of amides is 2. The van der Waals surface area contributed by atoms with Gasteiger partial charge in [0.15, 0.2) is 0 Å². The summed E-state index contributed by atoms with van der Waals surface area (Å²) in [7, 11) is 3.25. The van der Waals surface area contributed by atoms with Gasteiger partial charge in [0.1, 0.15) is 6.04 Å². The maximum Gasteiger partial charge on any atom is 0.253 e. The van der Waals surface area contributed by atoms with Crippen LogP contribution in [0, 0.1) is 0 Å². The summed E-state index contributed by atoms with van der Waals surface area (Å²) in [6.07, 6.45) is 0. The zero-order chi connectivity index (χ0) is 13.9. The fourth-order valence-electron chi connectivity index (χ4n) is 1.44. The van der Waals surface area contributed by atoms with Gasteiger partial charge in [-0.15, -0.1) is 0 Å². The van der Waals surface area contributed by atoms with Crippen molar-refractivity contribution in [2.45, 2.75) is 13.0 Å². The third-order valence-corrected chi connectivity index (χ3v) is 2.72. The summed E-state index contributed by atoms with van der Waals surface area (Å²) in [4.78, 5) is 25.0. The molecule has 0 spiro atoms. The Kier molecular flexibility index (Phi) is 4.55. The van der Waals surface area contributed by atoms with E-state index in [0.717, 1.165) is 0 Å². The SMILES string of the molecule is CC(NC(=O)c1cc(N)ccc1Cl)C(=O)N(C)C. The monoisotopic (exact) mass is 269 g/mol. The summed E-state index contributed by atoms with van der Waals surface area (Å²) in [6, 6.07) is 4.01. The Labute approximate surface area is 111 Å². The number of rotatable bonds is 3. The molecule has 0 saturated heterocycles. The summed E-state index contributed by atoms with van der Waals surface area (Å²) in [6.45, 7) is 1.61. The van der Waals surface area contributed by atoms with Crippen LogP contribution in [0.1, 0.15) is 17.3 Å². The van der Waals surface area contributed by atoms with Crippen LogP contribution in [0.3, 0.4) is 0 Å². The molecule has 0 aliphatic rings. The summed E-state index contributed by atoms with van der Waals surface area (Å²) in [5, 5.41) is 2.87. The minimum atomic E-state index is -0.620. The van der Waals surface area contributed by atoms with Crippen molar-refractivity contribution in [1.29, 1.82) is 0 Å². The van der Waals surface area contributed by atoms with Crippen LogP contribution < -0.4 is 11.1 Å². The molecule has 0 aliphatic heterocycles. The van der Waals surface area contributed by atoms with E-state index in [4.69, 9.17) is 17.3 Å². The van der Waals surface area contributed by atoms with Crippen molar-refractivity contribution in [3.8, 4) is 0 Å². The van der Waals surface area contributed by atoms with E-state index in [0.29, 0.717) is 10.7 Å². The van der Waals surface area contributed by atoms with E-state index < -0.39 is 11.9 Å². The van der Waals surface area contributed by atoms with Crippen LogP contribution in [-0.2, 0) is 4.79 Å². The highest BCUT2D eigenvalue weighted by Crippen LogP contribution is 2.18. The molecule has 0 aliphatic carbocycles. The predicted molar refractivity (Wildman–Crippen MR) is 71.5 cm³/mol. The number of nitrogen functional groups attached to an aromatic ring is 1. The molecule has 0 heterocycles. The summed E-state index contributed by atoms with van der Waals surface area (Å²) >= 11 is 5.90. The van der Waals surface area contributed by atoms with Crippen molar-refractivity contribution >= 4 is 29.1 Å². The minimum Gasteiger partial charge on any atom is -0.399 e. The number of nitrogens with zero attached hydrogens (tertiary/aromatic N) is 1. The average molecular weight is 270 g/mol. The topological polar surface area (TPSA) is 75.4 Å². The Bertz CT molecular complexity index is 474. The zero-order valence-electron chi connectivity index (χ0n) is 10.5. The van der Waals surface area contributed by atoms with Gasteiger partial charge in [0.05, 0.1) is 10.6 Å². The quantitative estimate of drug-likeness (QED) is 0.808. The molecule has 0 radical (unpaired) electrons. The molecular weight excluding hydrogens is 254 g/mol.